The molecule has 1 atom stereocenters. The van der Waals surface area contributed by atoms with Gasteiger partial charge in [-0.3, -0.25) is 19.3 Å². The number of hydrogen-bond acceptors (Lipinski definition) is 7. The largest absolute Gasteiger partial charge is 0.454 e. The number of carbonyl (C=O) groups excluding carboxylic acids is 4. The van der Waals surface area contributed by atoms with Crippen LogP contribution in [-0.2, 0) is 14.3 Å². The van der Waals surface area contributed by atoms with Crippen molar-refractivity contribution in [2.75, 3.05) is 42.6 Å². The maximum absolute atomic E-state index is 13.3. The van der Waals surface area contributed by atoms with E-state index in [1.54, 1.807) is 0 Å². The molecule has 212 valence electrons. The zero-order valence-corrected chi connectivity index (χ0v) is 24.4. The van der Waals surface area contributed by atoms with Crippen LogP contribution < -0.4 is 9.80 Å². The number of rotatable bonds is 7. The first-order chi connectivity index (χ1) is 19.6. The molecule has 8 nitrogen and oxygen atoms in total. The zero-order chi connectivity index (χ0) is 29.3. The molecule has 2 aliphatic heterocycles. The summed E-state index contributed by atoms with van der Waals surface area (Å²) >= 11 is 18.1. The van der Waals surface area contributed by atoms with Crippen LogP contribution in [0.4, 0.5) is 11.4 Å². The highest BCUT2D eigenvalue weighted by molar-refractivity contribution is 6.37. The Morgan fingerprint density at radius 3 is 2.22 bits per heavy atom. The number of amides is 2. The Kier molecular flexibility index (Phi) is 8.66. The Hall–Kier alpha value is -3.43. The van der Waals surface area contributed by atoms with E-state index in [0.29, 0.717) is 41.9 Å². The number of halogens is 3. The van der Waals surface area contributed by atoms with E-state index in [0.717, 1.165) is 11.3 Å². The number of Topliss-reactive ketones (excluding diaryl/α,β-unsaturated/α-hetero) is 1. The Bertz CT molecular complexity index is 1520. The maximum Gasteiger partial charge on any atom is 0.338 e. The standard InChI is InChI=1S/C30H26Cl3N3O5/c1-18-2-5-21(32)15-25(18)34-10-12-35(13-11-34)26-16-28(38)36(29(26)39)22-7-3-19(4-8-22)30(40)41-17-27(37)23-9-6-20(31)14-24(23)33/h2-9,14-15,26H,10-13,16-17H2,1H3. The van der Waals surface area contributed by atoms with Crippen molar-refractivity contribution in [1.82, 2.24) is 4.90 Å². The second kappa shape index (κ2) is 12.2. The van der Waals surface area contributed by atoms with E-state index in [2.05, 4.69) is 4.90 Å². The minimum atomic E-state index is -0.722. The second-order valence-electron chi connectivity index (χ2n) is 9.91. The first-order valence-corrected chi connectivity index (χ1v) is 14.1. The van der Waals surface area contributed by atoms with Gasteiger partial charge in [-0.05, 0) is 67.1 Å². The fourth-order valence-electron chi connectivity index (χ4n) is 5.12. The van der Waals surface area contributed by atoms with Crippen molar-refractivity contribution in [1.29, 1.82) is 0 Å². The molecule has 0 spiro atoms. The highest BCUT2D eigenvalue weighted by Crippen LogP contribution is 2.29. The third-order valence-corrected chi connectivity index (χ3v) is 8.10. The summed E-state index contributed by atoms with van der Waals surface area (Å²) in [4.78, 5) is 56.6. The lowest BCUT2D eigenvalue weighted by atomic mass is 10.1. The van der Waals surface area contributed by atoms with E-state index < -0.39 is 24.4 Å². The summed E-state index contributed by atoms with van der Waals surface area (Å²) in [5.41, 5.74) is 2.94. The quantitative estimate of drug-likeness (QED) is 0.199. The Balaban J connectivity index is 1.18. The molecule has 2 saturated heterocycles. The fraction of sp³-hybridized carbons (Fsp3) is 0.267. The van der Waals surface area contributed by atoms with Crippen molar-refractivity contribution in [3.63, 3.8) is 0 Å². The number of anilines is 2. The topological polar surface area (TPSA) is 87.2 Å². The molecule has 11 heteroatoms. The van der Waals surface area contributed by atoms with Crippen molar-refractivity contribution in [2.24, 2.45) is 0 Å². The molecule has 2 heterocycles. The molecule has 2 fully saturated rings. The Labute approximate surface area is 252 Å². The van der Waals surface area contributed by atoms with Gasteiger partial charge in [0.25, 0.3) is 5.91 Å². The molecule has 3 aromatic carbocycles. The van der Waals surface area contributed by atoms with Crippen LogP contribution in [0, 0.1) is 6.92 Å². The summed E-state index contributed by atoms with van der Waals surface area (Å²) in [6.45, 7) is 4.22. The number of carbonyl (C=O) groups is 4. The lowest BCUT2D eigenvalue weighted by Gasteiger charge is -2.38. The molecular formula is C30H26Cl3N3O5. The van der Waals surface area contributed by atoms with Crippen LogP contribution in [0.1, 0.15) is 32.7 Å². The van der Waals surface area contributed by atoms with Crippen molar-refractivity contribution in [2.45, 2.75) is 19.4 Å². The Morgan fingerprint density at radius 2 is 1.54 bits per heavy atom. The molecule has 0 aliphatic carbocycles. The number of ketones is 1. The van der Waals surface area contributed by atoms with Gasteiger partial charge in [0.2, 0.25) is 11.7 Å². The van der Waals surface area contributed by atoms with Gasteiger partial charge in [-0.1, -0.05) is 40.9 Å². The first-order valence-electron chi connectivity index (χ1n) is 13.0. The molecule has 0 saturated carbocycles. The van der Waals surface area contributed by atoms with Crippen LogP contribution in [0.25, 0.3) is 0 Å². The van der Waals surface area contributed by atoms with E-state index in [1.165, 1.54) is 47.4 Å². The van der Waals surface area contributed by atoms with Crippen LogP contribution in [0.3, 0.4) is 0 Å². The average molecular weight is 615 g/mol. The number of esters is 1. The molecule has 1 unspecified atom stereocenters. The molecule has 0 aromatic heterocycles. The van der Waals surface area contributed by atoms with Crippen LogP contribution in [-0.4, -0.2) is 67.3 Å². The third-order valence-electron chi connectivity index (χ3n) is 7.32. The van der Waals surface area contributed by atoms with E-state index in [-0.39, 0.29) is 34.4 Å². The summed E-state index contributed by atoms with van der Waals surface area (Å²) in [5.74, 6) is -1.78. The van der Waals surface area contributed by atoms with Gasteiger partial charge in [0, 0.05) is 47.5 Å². The first kappa shape index (κ1) is 29.1. The van der Waals surface area contributed by atoms with Crippen LogP contribution >= 0.6 is 34.8 Å². The smallest absolute Gasteiger partial charge is 0.338 e. The number of ether oxygens (including phenoxy) is 1. The number of aryl methyl sites for hydroxylation is 1. The average Bonchev–Trinajstić information content (AvgIpc) is 3.26. The lowest BCUT2D eigenvalue weighted by Crippen LogP contribution is -2.52. The van der Waals surface area contributed by atoms with Crippen molar-refractivity contribution < 1.29 is 23.9 Å². The molecule has 0 bridgehead atoms. The maximum atomic E-state index is 13.3. The number of hydrogen-bond donors (Lipinski definition) is 0. The fourth-order valence-corrected chi connectivity index (χ4v) is 5.80. The number of piperazine rings is 1. The van der Waals surface area contributed by atoms with Gasteiger partial charge >= 0.3 is 5.97 Å². The van der Waals surface area contributed by atoms with Crippen LogP contribution in [0.15, 0.2) is 60.7 Å². The van der Waals surface area contributed by atoms with Gasteiger partial charge in [0.1, 0.15) is 0 Å². The summed E-state index contributed by atoms with van der Waals surface area (Å²) in [7, 11) is 0. The highest BCUT2D eigenvalue weighted by Gasteiger charge is 2.43. The normalized spacial score (nSPS) is 17.7. The summed E-state index contributed by atoms with van der Waals surface area (Å²) < 4.78 is 5.14. The monoisotopic (exact) mass is 613 g/mol. The lowest BCUT2D eigenvalue weighted by molar-refractivity contribution is -0.123. The van der Waals surface area contributed by atoms with Gasteiger partial charge in [-0.25, -0.2) is 9.69 Å². The highest BCUT2D eigenvalue weighted by atomic mass is 35.5. The number of nitrogens with zero attached hydrogens (tertiary/aromatic N) is 3. The Morgan fingerprint density at radius 1 is 0.878 bits per heavy atom. The van der Waals surface area contributed by atoms with Gasteiger partial charge in [-0.15, -0.1) is 0 Å². The minimum absolute atomic E-state index is 0.0915. The molecule has 0 radical (unpaired) electrons. The third kappa shape index (κ3) is 6.26. The summed E-state index contributed by atoms with van der Waals surface area (Å²) in [6, 6.07) is 15.6. The van der Waals surface area contributed by atoms with Gasteiger partial charge in [0.05, 0.1) is 28.7 Å². The van der Waals surface area contributed by atoms with Crippen molar-refractivity contribution in [3.05, 3.63) is 92.4 Å². The van der Waals surface area contributed by atoms with E-state index in [4.69, 9.17) is 39.5 Å². The number of imide groups is 1. The molecule has 3 aromatic rings. The summed E-state index contributed by atoms with van der Waals surface area (Å²) in [5, 5.41) is 1.23. The molecular weight excluding hydrogens is 589 g/mol. The predicted octanol–water partition coefficient (Wildman–Crippen LogP) is 5.45. The minimum Gasteiger partial charge on any atom is -0.454 e. The molecule has 41 heavy (non-hydrogen) atoms. The van der Waals surface area contributed by atoms with Gasteiger partial charge in [-0.2, -0.15) is 0 Å². The molecule has 2 aliphatic rings. The zero-order valence-electron chi connectivity index (χ0n) is 22.1. The van der Waals surface area contributed by atoms with E-state index in [1.807, 2.05) is 30.0 Å². The second-order valence-corrected chi connectivity index (χ2v) is 11.2. The van der Waals surface area contributed by atoms with Gasteiger partial charge < -0.3 is 9.64 Å². The molecule has 5 rings (SSSR count). The molecule has 2 amide bonds. The van der Waals surface area contributed by atoms with E-state index >= 15 is 0 Å². The van der Waals surface area contributed by atoms with Crippen molar-refractivity contribution in [3.8, 4) is 0 Å². The van der Waals surface area contributed by atoms with Crippen LogP contribution in [0.2, 0.25) is 15.1 Å². The SMILES string of the molecule is Cc1ccc(Cl)cc1N1CCN(C2CC(=O)N(c3ccc(C(=O)OCC(=O)c4ccc(Cl)cc4Cl)cc3)C2=O)CC1. The number of benzene rings is 3. The molecule has 0 N–H and O–H groups in total. The van der Waals surface area contributed by atoms with Gasteiger partial charge in [0.15, 0.2) is 6.61 Å². The summed E-state index contributed by atoms with van der Waals surface area (Å²) in [6.07, 6.45) is 0.0915. The van der Waals surface area contributed by atoms with Crippen molar-refractivity contribution >= 4 is 69.7 Å². The van der Waals surface area contributed by atoms with Crippen LogP contribution in [0.5, 0.6) is 0 Å². The van der Waals surface area contributed by atoms with E-state index in [9.17, 15) is 19.2 Å². The predicted molar refractivity (Wildman–Crippen MR) is 158 cm³/mol.